The number of nitrogens with zero attached hydrogens (tertiary/aromatic N) is 2. The summed E-state index contributed by atoms with van der Waals surface area (Å²) in [5.41, 5.74) is 4.57. The van der Waals surface area contributed by atoms with Crippen molar-refractivity contribution in [3.8, 4) is 0 Å². The summed E-state index contributed by atoms with van der Waals surface area (Å²) < 4.78 is 56.5. The third-order valence-electron chi connectivity index (χ3n) is 10.7. The van der Waals surface area contributed by atoms with Crippen LogP contribution in [0.4, 0.5) is 5.82 Å². The van der Waals surface area contributed by atoms with E-state index in [4.69, 9.17) is 29.0 Å². The number of hydrogen-bond donors (Lipinski definition) is 6. The Morgan fingerprint density at radius 1 is 0.768 bits per heavy atom. The lowest BCUT2D eigenvalue weighted by molar-refractivity contribution is -0.161. The molecule has 1 aliphatic rings. The van der Waals surface area contributed by atoms with Crippen LogP contribution in [0.2, 0.25) is 0 Å². The lowest BCUT2D eigenvalue weighted by atomic mass is 10.1. The molecule has 1 saturated heterocycles. The number of phosphoric acid groups is 2. The summed E-state index contributed by atoms with van der Waals surface area (Å²) in [6.45, 7) is 1.89. The van der Waals surface area contributed by atoms with E-state index in [0.29, 0.717) is 6.42 Å². The summed E-state index contributed by atoms with van der Waals surface area (Å²) in [5.74, 6) is -1.52. The summed E-state index contributed by atoms with van der Waals surface area (Å²) in [6.07, 6.45) is 30.5. The van der Waals surface area contributed by atoms with Crippen LogP contribution in [0.25, 0.3) is 0 Å². The number of aliphatic hydroxyl groups excluding tert-OH is 3. The first kappa shape index (κ1) is 61.5. The summed E-state index contributed by atoms with van der Waals surface area (Å²) in [5, 5.41) is 31.2. The van der Waals surface area contributed by atoms with E-state index in [-0.39, 0.29) is 31.5 Å². The second kappa shape index (κ2) is 36.4. The fourth-order valence-electron chi connectivity index (χ4n) is 6.82. The SMILES string of the molecule is CCCCC/C=C\C/C=C\C/C=C\C=C\[C@@H](O)CCCC(=O)OC[C@H](COP(=O)(O)OP(=O)(O)OC[C@H]1O[C@@H](n2ccc(N)nc2=O)[C@H](O)[C@@H]1O)OC(=O)CCCCCCC/C=C\CCCCCC. The van der Waals surface area contributed by atoms with Crippen LogP contribution in [-0.2, 0) is 46.3 Å². The fraction of sp³-hybridized carbons (Fsp3) is 0.667. The molecule has 0 bridgehead atoms. The molecule has 0 radical (unpaired) electrons. The zero-order chi connectivity index (χ0) is 50.8. The molecule has 2 unspecified atom stereocenters. The van der Waals surface area contributed by atoms with Gasteiger partial charge in [0.05, 0.1) is 19.3 Å². The number of anilines is 1. The normalized spacial score (nSPS) is 20.3. The monoisotopic (exact) mass is 1020 g/mol. The van der Waals surface area contributed by atoms with E-state index in [1.54, 1.807) is 12.2 Å². The lowest BCUT2D eigenvalue weighted by Crippen LogP contribution is -2.36. The highest BCUT2D eigenvalue weighted by atomic mass is 31.3. The van der Waals surface area contributed by atoms with Crippen molar-refractivity contribution in [1.82, 2.24) is 9.55 Å². The topological polar surface area (TPSA) is 286 Å². The van der Waals surface area contributed by atoms with E-state index in [0.717, 1.165) is 68.6 Å². The van der Waals surface area contributed by atoms with Crippen LogP contribution in [-0.4, -0.2) is 96.9 Å². The maximum Gasteiger partial charge on any atom is 0.481 e. The van der Waals surface area contributed by atoms with Crippen LogP contribution in [0.3, 0.4) is 0 Å². The highest BCUT2D eigenvalue weighted by Crippen LogP contribution is 2.60. The molecular formula is C48H79N3O16P2. The van der Waals surface area contributed by atoms with Gasteiger partial charge in [-0.25, -0.2) is 13.9 Å². The molecule has 0 spiro atoms. The molecule has 0 saturated carbocycles. The smallest absolute Gasteiger partial charge is 0.462 e. The molecule has 1 fully saturated rings. The van der Waals surface area contributed by atoms with Crippen molar-refractivity contribution in [2.45, 2.75) is 185 Å². The first-order chi connectivity index (χ1) is 33.1. The Morgan fingerprint density at radius 2 is 1.35 bits per heavy atom. The number of rotatable bonds is 39. The van der Waals surface area contributed by atoms with E-state index in [9.17, 15) is 48.6 Å². The van der Waals surface area contributed by atoms with Crippen molar-refractivity contribution >= 4 is 33.4 Å². The van der Waals surface area contributed by atoms with Gasteiger partial charge in [-0.05, 0) is 76.7 Å². The Morgan fingerprint density at radius 3 is 2.04 bits per heavy atom. The average molecular weight is 1020 g/mol. The number of carbonyl (C=O) groups excluding carboxylic acids is 2. The van der Waals surface area contributed by atoms with Gasteiger partial charge in [-0.1, -0.05) is 126 Å². The second-order valence-corrected chi connectivity index (χ2v) is 19.8. The molecule has 0 amide bonds. The van der Waals surface area contributed by atoms with Gasteiger partial charge < -0.3 is 45.1 Å². The van der Waals surface area contributed by atoms with Crippen LogP contribution in [0.15, 0.2) is 77.8 Å². The third-order valence-corrected chi connectivity index (χ3v) is 13.3. The van der Waals surface area contributed by atoms with E-state index in [1.807, 2.05) is 12.2 Å². The third kappa shape index (κ3) is 29.4. The minimum atomic E-state index is -5.46. The molecule has 8 atom stereocenters. The maximum atomic E-state index is 12.8. The quantitative estimate of drug-likeness (QED) is 0.0118. The second-order valence-electron chi connectivity index (χ2n) is 16.8. The Labute approximate surface area is 407 Å². The number of ether oxygens (including phenoxy) is 3. The van der Waals surface area contributed by atoms with Crippen molar-refractivity contribution in [2.75, 3.05) is 25.6 Å². The number of unbranched alkanes of at least 4 members (excludes halogenated alkanes) is 12. The Hall–Kier alpha value is -3.58. The first-order valence-corrected chi connectivity index (χ1v) is 27.4. The average Bonchev–Trinajstić information content (AvgIpc) is 3.58. The number of nitrogens with two attached hydrogens (primary N) is 1. The van der Waals surface area contributed by atoms with Crippen LogP contribution in [0, 0.1) is 0 Å². The molecule has 0 aromatic carbocycles. The van der Waals surface area contributed by atoms with Crippen molar-refractivity contribution < 1.29 is 71.4 Å². The molecule has 1 aromatic heterocycles. The van der Waals surface area contributed by atoms with Gasteiger partial charge in [-0.3, -0.25) is 23.2 Å². The van der Waals surface area contributed by atoms with Gasteiger partial charge in [0.1, 0.15) is 30.7 Å². The predicted octanol–water partition coefficient (Wildman–Crippen LogP) is 8.52. The van der Waals surface area contributed by atoms with Crippen molar-refractivity contribution in [2.24, 2.45) is 0 Å². The van der Waals surface area contributed by atoms with Crippen LogP contribution in [0.5, 0.6) is 0 Å². The van der Waals surface area contributed by atoms with Gasteiger partial charge in [-0.15, -0.1) is 0 Å². The molecule has 1 aliphatic heterocycles. The van der Waals surface area contributed by atoms with E-state index < -0.39 is 89.8 Å². The number of nitrogen functional groups attached to an aromatic ring is 1. The Kier molecular flexibility index (Phi) is 32.4. The number of aromatic nitrogens is 2. The minimum absolute atomic E-state index is 0.00264. The zero-order valence-electron chi connectivity index (χ0n) is 40.5. The molecule has 0 aliphatic carbocycles. The molecule has 392 valence electrons. The van der Waals surface area contributed by atoms with E-state index in [1.165, 1.54) is 51.0 Å². The van der Waals surface area contributed by atoms with Crippen LogP contribution < -0.4 is 11.4 Å². The van der Waals surface area contributed by atoms with Crippen molar-refractivity contribution in [1.29, 1.82) is 0 Å². The van der Waals surface area contributed by atoms with Gasteiger partial charge >= 0.3 is 33.3 Å². The highest BCUT2D eigenvalue weighted by molar-refractivity contribution is 7.61. The Bertz CT molecular complexity index is 1910. The Balaban J connectivity index is 1.87. The fourth-order valence-corrected chi connectivity index (χ4v) is 8.93. The molecule has 2 heterocycles. The number of phosphoric ester groups is 2. The predicted molar refractivity (Wildman–Crippen MR) is 262 cm³/mol. The molecule has 19 nitrogen and oxygen atoms in total. The molecule has 1 aromatic rings. The summed E-state index contributed by atoms with van der Waals surface area (Å²) in [6, 6.07) is 1.24. The molecule has 69 heavy (non-hydrogen) atoms. The van der Waals surface area contributed by atoms with Crippen molar-refractivity contribution in [3.63, 3.8) is 0 Å². The highest BCUT2D eigenvalue weighted by Gasteiger charge is 2.46. The zero-order valence-corrected chi connectivity index (χ0v) is 42.2. The molecule has 21 heteroatoms. The number of allylic oxidation sites excluding steroid dienone is 9. The summed E-state index contributed by atoms with van der Waals surface area (Å²) in [4.78, 5) is 61.8. The molecular weight excluding hydrogens is 936 g/mol. The van der Waals surface area contributed by atoms with Crippen LogP contribution >= 0.6 is 15.6 Å². The summed E-state index contributed by atoms with van der Waals surface area (Å²) in [7, 11) is -10.9. The minimum Gasteiger partial charge on any atom is -0.462 e. The molecule has 2 rings (SSSR count). The standard InChI is InChI=1S/C48H79N3O16P2/c1-3-5-7-9-11-13-15-17-19-21-23-25-27-30-39(52)31-29-33-43(53)62-36-40(65-44(54)32-28-26-24-22-20-18-16-14-12-10-8-6-4-2)37-63-68(58,59)67-69(60,61)64-38-41-45(55)46(56)47(66-41)51-35-34-42(49)50-48(51)57/h11,13-14,16-17,19,23,25,27,30,34-35,39-41,45-47,52,55-56H,3-10,12,15,18,20-22,24,26,28-29,31-33,36-38H2,1-2H3,(H,58,59)(H,60,61)(H2,49,50,57)/b13-11-,16-14-,19-17-,25-23-,30-27+/t39-,40-,41-,45-,46-,47-/m1/s1. The van der Waals surface area contributed by atoms with Gasteiger partial charge in [0, 0.05) is 19.0 Å². The van der Waals surface area contributed by atoms with E-state index in [2.05, 4.69) is 59.6 Å². The maximum absolute atomic E-state index is 12.8. The van der Waals surface area contributed by atoms with E-state index >= 15 is 0 Å². The van der Waals surface area contributed by atoms with Crippen molar-refractivity contribution in [3.05, 3.63) is 83.5 Å². The number of carbonyl (C=O) groups is 2. The van der Waals surface area contributed by atoms with Crippen LogP contribution in [0.1, 0.15) is 155 Å². The number of esters is 2. The lowest BCUT2D eigenvalue weighted by Gasteiger charge is -2.21. The van der Waals surface area contributed by atoms with Gasteiger partial charge in [-0.2, -0.15) is 9.29 Å². The van der Waals surface area contributed by atoms with Gasteiger partial charge in [0.25, 0.3) is 0 Å². The number of aliphatic hydroxyl groups is 3. The van der Waals surface area contributed by atoms with Gasteiger partial charge in [0.15, 0.2) is 12.3 Å². The molecule has 7 N–H and O–H groups in total. The largest absolute Gasteiger partial charge is 0.481 e. The summed E-state index contributed by atoms with van der Waals surface area (Å²) >= 11 is 0. The first-order valence-electron chi connectivity index (χ1n) is 24.4. The van der Waals surface area contributed by atoms with Gasteiger partial charge in [0.2, 0.25) is 0 Å². The number of hydrogen-bond acceptors (Lipinski definition) is 16.